The summed E-state index contributed by atoms with van der Waals surface area (Å²) in [6.07, 6.45) is 0. The van der Waals surface area contributed by atoms with Gasteiger partial charge in [-0.05, 0) is 29.3 Å². The average Bonchev–Trinajstić information content (AvgIpc) is 2.52. The molecule has 6 nitrogen and oxygen atoms in total. The summed E-state index contributed by atoms with van der Waals surface area (Å²) in [6.45, 7) is 0.130. The molecule has 0 aliphatic carbocycles. The molecule has 0 heterocycles. The Balaban J connectivity index is 2.12. The van der Waals surface area contributed by atoms with E-state index in [2.05, 4.69) is 0 Å². The number of nitrogens with zero attached hydrogens (tertiary/aromatic N) is 1. The van der Waals surface area contributed by atoms with Crippen molar-refractivity contribution in [2.75, 3.05) is 7.11 Å². The van der Waals surface area contributed by atoms with Gasteiger partial charge < -0.3 is 14.6 Å². The third-order valence-electron chi connectivity index (χ3n) is 2.93. The Bertz CT molecular complexity index is 642. The van der Waals surface area contributed by atoms with E-state index in [4.69, 9.17) is 14.6 Å². The maximum absolute atomic E-state index is 10.9. The zero-order chi connectivity index (χ0) is 15.2. The highest BCUT2D eigenvalue weighted by Gasteiger charge is 2.15. The number of methoxy groups -OCH3 is 1. The number of nitro benzene ring substituents is 1. The fourth-order valence-electron chi connectivity index (χ4n) is 1.87. The van der Waals surface area contributed by atoms with Crippen molar-refractivity contribution in [2.45, 2.75) is 13.2 Å². The summed E-state index contributed by atoms with van der Waals surface area (Å²) in [5.41, 5.74) is 1.31. The van der Waals surface area contributed by atoms with E-state index < -0.39 is 4.92 Å². The lowest BCUT2D eigenvalue weighted by Gasteiger charge is -2.08. The molecule has 0 radical (unpaired) electrons. The number of rotatable bonds is 6. The van der Waals surface area contributed by atoms with Crippen molar-refractivity contribution in [3.63, 3.8) is 0 Å². The van der Waals surface area contributed by atoms with Crippen LogP contribution in [0.25, 0.3) is 0 Å². The number of hydrogen-bond donors (Lipinski definition) is 1. The van der Waals surface area contributed by atoms with Crippen molar-refractivity contribution in [2.24, 2.45) is 0 Å². The summed E-state index contributed by atoms with van der Waals surface area (Å²) < 4.78 is 10.5. The van der Waals surface area contributed by atoms with E-state index in [0.29, 0.717) is 11.3 Å². The molecule has 2 aromatic carbocycles. The second-order valence-electron chi connectivity index (χ2n) is 4.36. The van der Waals surface area contributed by atoms with E-state index in [0.717, 1.165) is 5.56 Å². The highest BCUT2D eigenvalue weighted by molar-refractivity contribution is 5.48. The van der Waals surface area contributed by atoms with E-state index in [1.54, 1.807) is 36.4 Å². The van der Waals surface area contributed by atoms with Crippen LogP contribution in [0.2, 0.25) is 0 Å². The number of nitro groups is 1. The Morgan fingerprint density at radius 1 is 1.19 bits per heavy atom. The van der Waals surface area contributed by atoms with Gasteiger partial charge in [-0.3, -0.25) is 10.1 Å². The lowest BCUT2D eigenvalue weighted by molar-refractivity contribution is -0.385. The molecule has 110 valence electrons. The SMILES string of the molecule is COc1ccc(COc2cccc(CO)c2)cc1[N+](=O)[O-]. The molecule has 0 unspecified atom stereocenters. The average molecular weight is 289 g/mol. The molecule has 0 aliphatic rings. The van der Waals surface area contributed by atoms with Crippen LogP contribution in [0.4, 0.5) is 5.69 Å². The van der Waals surface area contributed by atoms with Gasteiger partial charge in [0.15, 0.2) is 5.75 Å². The Kier molecular flexibility index (Phi) is 4.73. The molecule has 0 aromatic heterocycles. The van der Waals surface area contributed by atoms with Crippen LogP contribution in [0.1, 0.15) is 11.1 Å². The van der Waals surface area contributed by atoms with Gasteiger partial charge in [-0.1, -0.05) is 18.2 Å². The molecule has 0 saturated carbocycles. The van der Waals surface area contributed by atoms with Crippen LogP contribution in [-0.2, 0) is 13.2 Å². The zero-order valence-electron chi connectivity index (χ0n) is 11.5. The van der Waals surface area contributed by atoms with Gasteiger partial charge in [0.05, 0.1) is 18.6 Å². The predicted octanol–water partition coefficient (Wildman–Crippen LogP) is 2.67. The van der Waals surface area contributed by atoms with Crippen molar-refractivity contribution < 1.29 is 19.5 Å². The van der Waals surface area contributed by atoms with Gasteiger partial charge >= 0.3 is 5.69 Å². The Morgan fingerprint density at radius 3 is 2.67 bits per heavy atom. The van der Waals surface area contributed by atoms with Crippen molar-refractivity contribution in [3.8, 4) is 11.5 Å². The Labute approximate surface area is 121 Å². The number of hydrogen-bond acceptors (Lipinski definition) is 5. The van der Waals surface area contributed by atoms with Crippen molar-refractivity contribution >= 4 is 5.69 Å². The normalized spacial score (nSPS) is 10.2. The summed E-state index contributed by atoms with van der Waals surface area (Å²) >= 11 is 0. The Hall–Kier alpha value is -2.60. The summed E-state index contributed by atoms with van der Waals surface area (Å²) in [6, 6.07) is 11.7. The van der Waals surface area contributed by atoms with Crippen LogP contribution >= 0.6 is 0 Å². The molecule has 0 bridgehead atoms. The van der Waals surface area contributed by atoms with Gasteiger partial charge in [-0.15, -0.1) is 0 Å². The van der Waals surface area contributed by atoms with Crippen molar-refractivity contribution in [1.29, 1.82) is 0 Å². The lowest BCUT2D eigenvalue weighted by Crippen LogP contribution is -1.99. The molecule has 2 rings (SSSR count). The molecule has 6 heteroatoms. The third kappa shape index (κ3) is 3.70. The van der Waals surface area contributed by atoms with Gasteiger partial charge in [-0.2, -0.15) is 0 Å². The first-order chi connectivity index (χ1) is 10.1. The summed E-state index contributed by atoms with van der Waals surface area (Å²) in [7, 11) is 1.39. The molecule has 0 fully saturated rings. The second-order valence-corrected chi connectivity index (χ2v) is 4.36. The minimum atomic E-state index is -0.491. The Morgan fingerprint density at radius 2 is 2.00 bits per heavy atom. The van der Waals surface area contributed by atoms with E-state index >= 15 is 0 Å². The standard InChI is InChI=1S/C15H15NO5/c1-20-15-6-5-12(8-14(15)16(18)19)10-21-13-4-2-3-11(7-13)9-17/h2-8,17H,9-10H2,1H3. The first-order valence-electron chi connectivity index (χ1n) is 6.28. The highest BCUT2D eigenvalue weighted by atomic mass is 16.6. The minimum Gasteiger partial charge on any atom is -0.490 e. The van der Waals surface area contributed by atoms with Gasteiger partial charge in [0.1, 0.15) is 12.4 Å². The molecular weight excluding hydrogens is 274 g/mol. The quantitative estimate of drug-likeness (QED) is 0.653. The van der Waals surface area contributed by atoms with E-state index in [9.17, 15) is 10.1 Å². The molecule has 1 N–H and O–H groups in total. The van der Waals surface area contributed by atoms with Gasteiger partial charge in [0.2, 0.25) is 0 Å². The molecule has 21 heavy (non-hydrogen) atoms. The summed E-state index contributed by atoms with van der Waals surface area (Å²) in [5.74, 6) is 0.811. The monoisotopic (exact) mass is 289 g/mol. The topological polar surface area (TPSA) is 81.8 Å². The first-order valence-corrected chi connectivity index (χ1v) is 6.28. The van der Waals surface area contributed by atoms with Crippen LogP contribution in [0.3, 0.4) is 0 Å². The fraction of sp³-hybridized carbons (Fsp3) is 0.200. The zero-order valence-corrected chi connectivity index (χ0v) is 11.5. The largest absolute Gasteiger partial charge is 0.490 e. The van der Waals surface area contributed by atoms with Crippen molar-refractivity contribution in [3.05, 3.63) is 63.7 Å². The van der Waals surface area contributed by atoms with Crippen LogP contribution in [0, 0.1) is 10.1 Å². The number of aliphatic hydroxyl groups excluding tert-OH is 1. The molecular formula is C15H15NO5. The molecule has 0 aliphatic heterocycles. The number of ether oxygens (including phenoxy) is 2. The fourth-order valence-corrected chi connectivity index (χ4v) is 1.87. The molecule has 0 spiro atoms. The molecule has 0 amide bonds. The van der Waals surface area contributed by atoms with Gasteiger partial charge in [0, 0.05) is 6.07 Å². The summed E-state index contributed by atoms with van der Waals surface area (Å²) in [4.78, 5) is 10.5. The number of benzene rings is 2. The highest BCUT2D eigenvalue weighted by Crippen LogP contribution is 2.28. The lowest BCUT2D eigenvalue weighted by atomic mass is 10.2. The van der Waals surface area contributed by atoms with E-state index in [1.165, 1.54) is 13.2 Å². The van der Waals surface area contributed by atoms with Crippen LogP contribution in [0.15, 0.2) is 42.5 Å². The predicted molar refractivity (Wildman–Crippen MR) is 76.3 cm³/mol. The molecule has 0 saturated heterocycles. The van der Waals surface area contributed by atoms with Crippen LogP contribution in [-0.4, -0.2) is 17.1 Å². The second kappa shape index (κ2) is 6.71. The van der Waals surface area contributed by atoms with E-state index in [-0.39, 0.29) is 24.7 Å². The van der Waals surface area contributed by atoms with Crippen LogP contribution < -0.4 is 9.47 Å². The van der Waals surface area contributed by atoms with Gasteiger partial charge in [-0.25, -0.2) is 0 Å². The van der Waals surface area contributed by atoms with Crippen LogP contribution in [0.5, 0.6) is 11.5 Å². The molecule has 0 atom stereocenters. The smallest absolute Gasteiger partial charge is 0.311 e. The first kappa shape index (κ1) is 14.8. The van der Waals surface area contributed by atoms with Crippen molar-refractivity contribution in [1.82, 2.24) is 0 Å². The molecule has 2 aromatic rings. The maximum atomic E-state index is 10.9. The third-order valence-corrected chi connectivity index (χ3v) is 2.93. The summed E-state index contributed by atoms with van der Waals surface area (Å²) in [5, 5.41) is 20.0. The number of aliphatic hydroxyl groups is 1. The minimum absolute atomic E-state index is 0.0643. The maximum Gasteiger partial charge on any atom is 0.311 e. The van der Waals surface area contributed by atoms with E-state index in [1.807, 2.05) is 0 Å². The van der Waals surface area contributed by atoms with Gasteiger partial charge in [0.25, 0.3) is 0 Å².